The van der Waals surface area contributed by atoms with Crippen LogP contribution >= 0.6 is 0 Å². The normalized spacial score (nSPS) is 26.8. The van der Waals surface area contributed by atoms with Crippen molar-refractivity contribution in [1.82, 2.24) is 10.2 Å². The molecule has 1 fully saturated rings. The summed E-state index contributed by atoms with van der Waals surface area (Å²) in [4.78, 5) is 14.6. The predicted molar refractivity (Wildman–Crippen MR) is 82.8 cm³/mol. The topological polar surface area (TPSA) is 41.6 Å². The molecule has 0 amide bonds. The summed E-state index contributed by atoms with van der Waals surface area (Å²) in [5, 5.41) is 3.51. The standard InChI is InChI=1S/C16H32N2O2/c1-5-14-8-10-16(11-9-14,15(19)20-4)17-12-13-18(6-2)7-3/h14,17H,5-13H2,1-4H3. The van der Waals surface area contributed by atoms with Crippen LogP contribution in [0.4, 0.5) is 0 Å². The van der Waals surface area contributed by atoms with Gasteiger partial charge in [0.25, 0.3) is 0 Å². The van der Waals surface area contributed by atoms with Gasteiger partial charge in [0.05, 0.1) is 7.11 Å². The van der Waals surface area contributed by atoms with E-state index in [2.05, 4.69) is 31.0 Å². The number of ether oxygens (including phenoxy) is 1. The van der Waals surface area contributed by atoms with Gasteiger partial charge in [-0.1, -0.05) is 27.2 Å². The molecule has 0 spiro atoms. The monoisotopic (exact) mass is 284 g/mol. The zero-order valence-corrected chi connectivity index (χ0v) is 13.7. The number of hydrogen-bond acceptors (Lipinski definition) is 4. The van der Waals surface area contributed by atoms with Gasteiger partial charge in [0.15, 0.2) is 0 Å². The number of hydrogen-bond donors (Lipinski definition) is 1. The third kappa shape index (κ3) is 4.45. The summed E-state index contributed by atoms with van der Waals surface area (Å²) in [7, 11) is 1.50. The predicted octanol–water partition coefficient (Wildman–Crippen LogP) is 2.43. The van der Waals surface area contributed by atoms with E-state index in [-0.39, 0.29) is 5.97 Å². The average molecular weight is 284 g/mol. The summed E-state index contributed by atoms with van der Waals surface area (Å²) < 4.78 is 5.06. The summed E-state index contributed by atoms with van der Waals surface area (Å²) in [6, 6.07) is 0. The largest absolute Gasteiger partial charge is 0.468 e. The Labute approximate surface area is 124 Å². The summed E-state index contributed by atoms with van der Waals surface area (Å²) in [6.07, 6.45) is 5.30. The van der Waals surface area contributed by atoms with Crippen LogP contribution in [-0.2, 0) is 9.53 Å². The fraction of sp³-hybridized carbons (Fsp3) is 0.938. The Morgan fingerprint density at radius 1 is 1.25 bits per heavy atom. The fourth-order valence-corrected chi connectivity index (χ4v) is 3.22. The molecule has 1 rings (SSSR count). The molecule has 0 saturated heterocycles. The van der Waals surface area contributed by atoms with Gasteiger partial charge in [0.2, 0.25) is 0 Å². The van der Waals surface area contributed by atoms with Gasteiger partial charge in [-0.2, -0.15) is 0 Å². The maximum Gasteiger partial charge on any atom is 0.326 e. The third-order valence-corrected chi connectivity index (χ3v) is 4.90. The Hall–Kier alpha value is -0.610. The number of carbonyl (C=O) groups is 1. The van der Waals surface area contributed by atoms with Crippen molar-refractivity contribution in [1.29, 1.82) is 0 Å². The highest BCUT2D eigenvalue weighted by atomic mass is 16.5. The Kier molecular flexibility index (Phi) is 7.52. The molecule has 4 nitrogen and oxygen atoms in total. The van der Waals surface area contributed by atoms with Gasteiger partial charge in [-0.25, -0.2) is 0 Å². The van der Waals surface area contributed by atoms with Crippen molar-refractivity contribution in [2.45, 2.75) is 58.4 Å². The Balaban J connectivity index is 2.55. The van der Waals surface area contributed by atoms with Crippen molar-refractivity contribution in [3.8, 4) is 0 Å². The van der Waals surface area contributed by atoms with Gasteiger partial charge >= 0.3 is 5.97 Å². The van der Waals surface area contributed by atoms with E-state index in [1.807, 2.05) is 0 Å². The first-order valence-corrected chi connectivity index (χ1v) is 8.17. The van der Waals surface area contributed by atoms with Gasteiger partial charge < -0.3 is 15.0 Å². The molecule has 0 atom stereocenters. The van der Waals surface area contributed by atoms with Crippen LogP contribution in [0.25, 0.3) is 0 Å². The van der Waals surface area contributed by atoms with Crippen LogP contribution in [0.2, 0.25) is 0 Å². The second-order valence-electron chi connectivity index (χ2n) is 5.88. The molecule has 1 aliphatic rings. The summed E-state index contributed by atoms with van der Waals surface area (Å²) >= 11 is 0. The number of esters is 1. The Morgan fingerprint density at radius 2 is 1.85 bits per heavy atom. The van der Waals surface area contributed by atoms with Crippen molar-refractivity contribution in [2.75, 3.05) is 33.3 Å². The lowest BCUT2D eigenvalue weighted by Crippen LogP contribution is -2.56. The fourth-order valence-electron chi connectivity index (χ4n) is 3.22. The molecule has 0 unspecified atom stereocenters. The van der Waals surface area contributed by atoms with Crippen LogP contribution in [0, 0.1) is 5.92 Å². The van der Waals surface area contributed by atoms with E-state index in [0.29, 0.717) is 0 Å². The van der Waals surface area contributed by atoms with Crippen LogP contribution in [0.3, 0.4) is 0 Å². The lowest BCUT2D eigenvalue weighted by molar-refractivity contribution is -0.150. The molecule has 0 aromatic rings. The zero-order valence-electron chi connectivity index (χ0n) is 13.7. The average Bonchev–Trinajstić information content (AvgIpc) is 2.51. The Bertz CT molecular complexity index is 282. The molecule has 0 radical (unpaired) electrons. The first-order chi connectivity index (χ1) is 9.61. The molecule has 0 heterocycles. The van der Waals surface area contributed by atoms with E-state index >= 15 is 0 Å². The smallest absolute Gasteiger partial charge is 0.326 e. The second kappa shape index (κ2) is 8.63. The molecule has 1 N–H and O–H groups in total. The van der Waals surface area contributed by atoms with Crippen molar-refractivity contribution < 1.29 is 9.53 Å². The molecule has 20 heavy (non-hydrogen) atoms. The van der Waals surface area contributed by atoms with Crippen LogP contribution < -0.4 is 5.32 Å². The molecule has 0 aliphatic heterocycles. The minimum absolute atomic E-state index is 0.0772. The highest BCUT2D eigenvalue weighted by Gasteiger charge is 2.41. The van der Waals surface area contributed by atoms with Gasteiger partial charge in [-0.3, -0.25) is 4.79 Å². The zero-order chi connectivity index (χ0) is 15.0. The molecule has 0 aromatic carbocycles. The van der Waals surface area contributed by atoms with Crippen molar-refractivity contribution in [3.63, 3.8) is 0 Å². The van der Waals surface area contributed by atoms with Crippen LogP contribution in [0.15, 0.2) is 0 Å². The molecular formula is C16H32N2O2. The molecule has 0 aromatic heterocycles. The van der Waals surface area contributed by atoms with E-state index < -0.39 is 5.54 Å². The van der Waals surface area contributed by atoms with Gasteiger partial charge in [0.1, 0.15) is 5.54 Å². The quantitative estimate of drug-likeness (QED) is 0.695. The number of nitrogens with zero attached hydrogens (tertiary/aromatic N) is 1. The molecular weight excluding hydrogens is 252 g/mol. The summed E-state index contributed by atoms with van der Waals surface area (Å²) in [5.74, 6) is 0.698. The van der Waals surface area contributed by atoms with E-state index in [0.717, 1.165) is 57.8 Å². The molecule has 0 bridgehead atoms. The third-order valence-electron chi connectivity index (χ3n) is 4.90. The first-order valence-electron chi connectivity index (χ1n) is 8.17. The van der Waals surface area contributed by atoms with E-state index in [1.165, 1.54) is 13.5 Å². The number of methoxy groups -OCH3 is 1. The SMILES string of the molecule is CCC1CCC(NCCN(CC)CC)(C(=O)OC)CC1. The Morgan fingerprint density at radius 3 is 2.30 bits per heavy atom. The van der Waals surface area contributed by atoms with Crippen molar-refractivity contribution in [3.05, 3.63) is 0 Å². The summed E-state index contributed by atoms with van der Waals surface area (Å²) in [6.45, 7) is 10.5. The number of carbonyl (C=O) groups excluding carboxylic acids is 1. The van der Waals surface area contributed by atoms with Gasteiger partial charge in [0, 0.05) is 13.1 Å². The second-order valence-corrected chi connectivity index (χ2v) is 5.88. The maximum absolute atomic E-state index is 12.2. The highest BCUT2D eigenvalue weighted by molar-refractivity contribution is 5.80. The van der Waals surface area contributed by atoms with Gasteiger partial charge in [-0.15, -0.1) is 0 Å². The maximum atomic E-state index is 12.2. The van der Waals surface area contributed by atoms with E-state index in [1.54, 1.807) is 0 Å². The highest BCUT2D eigenvalue weighted by Crippen LogP contribution is 2.34. The minimum atomic E-state index is -0.437. The number of likely N-dealkylation sites (N-methyl/N-ethyl adjacent to an activating group) is 1. The van der Waals surface area contributed by atoms with E-state index in [4.69, 9.17) is 4.74 Å². The molecule has 1 aliphatic carbocycles. The first kappa shape index (κ1) is 17.4. The lowest BCUT2D eigenvalue weighted by atomic mass is 9.75. The molecule has 1 saturated carbocycles. The number of rotatable bonds is 8. The number of nitrogens with one attached hydrogen (secondary N) is 1. The van der Waals surface area contributed by atoms with Crippen LogP contribution in [-0.4, -0.2) is 49.7 Å². The van der Waals surface area contributed by atoms with E-state index in [9.17, 15) is 4.79 Å². The van der Waals surface area contributed by atoms with Crippen LogP contribution in [0.5, 0.6) is 0 Å². The summed E-state index contributed by atoms with van der Waals surface area (Å²) in [5.41, 5.74) is -0.437. The van der Waals surface area contributed by atoms with Crippen molar-refractivity contribution >= 4 is 5.97 Å². The lowest BCUT2D eigenvalue weighted by Gasteiger charge is -2.38. The van der Waals surface area contributed by atoms with Crippen LogP contribution in [0.1, 0.15) is 52.9 Å². The van der Waals surface area contributed by atoms with Gasteiger partial charge in [-0.05, 0) is 44.7 Å². The minimum Gasteiger partial charge on any atom is -0.468 e. The molecule has 118 valence electrons. The molecule has 4 heteroatoms. The van der Waals surface area contributed by atoms with Crippen molar-refractivity contribution in [2.24, 2.45) is 5.92 Å².